The fourth-order valence-corrected chi connectivity index (χ4v) is 1.70. The Morgan fingerprint density at radius 3 is 2.38 bits per heavy atom. The first-order chi connectivity index (χ1) is 7.67. The highest BCUT2D eigenvalue weighted by Gasteiger charge is 2.13. The van der Waals surface area contributed by atoms with Crippen LogP contribution in [0, 0.1) is 0 Å². The minimum atomic E-state index is 0.0801. The van der Waals surface area contributed by atoms with Crippen molar-refractivity contribution in [2.24, 2.45) is 0 Å². The first kappa shape index (κ1) is 10.8. The van der Waals surface area contributed by atoms with Gasteiger partial charge in [0.05, 0.1) is 19.6 Å². The number of anilines is 1. The summed E-state index contributed by atoms with van der Waals surface area (Å²) in [6.45, 7) is 0. The van der Waals surface area contributed by atoms with Gasteiger partial charge in [0.1, 0.15) is 22.8 Å². The van der Waals surface area contributed by atoms with Gasteiger partial charge in [-0.15, -0.1) is 0 Å². The fraction of sp³-hybridized carbons (Fsp3) is 0.200. The van der Waals surface area contributed by atoms with E-state index in [9.17, 15) is 0 Å². The lowest BCUT2D eigenvalue weighted by Gasteiger charge is -2.10. The quantitative estimate of drug-likeness (QED) is 0.811. The Labute approximate surface area is 97.2 Å². The molecule has 1 aromatic carbocycles. The van der Waals surface area contributed by atoms with Crippen molar-refractivity contribution in [1.29, 1.82) is 0 Å². The van der Waals surface area contributed by atoms with Crippen molar-refractivity contribution in [1.82, 2.24) is 9.97 Å². The standard InChI is InChI=1S/C10H10ClN3O2/c1-15-5-3-4-6(16-2)8-7(5)9(12)14-10(11)13-8/h3-4H,1-2H3,(H2,12,13,14). The number of aromatic nitrogens is 2. The van der Waals surface area contributed by atoms with Crippen molar-refractivity contribution < 1.29 is 9.47 Å². The molecule has 2 aromatic rings. The number of hydrogen-bond acceptors (Lipinski definition) is 5. The van der Waals surface area contributed by atoms with Crippen molar-refractivity contribution >= 4 is 28.3 Å². The molecule has 16 heavy (non-hydrogen) atoms. The average molecular weight is 240 g/mol. The number of benzene rings is 1. The van der Waals surface area contributed by atoms with Crippen molar-refractivity contribution in [3.63, 3.8) is 0 Å². The lowest BCUT2D eigenvalue weighted by molar-refractivity contribution is 0.409. The molecule has 0 aliphatic heterocycles. The molecule has 5 nitrogen and oxygen atoms in total. The predicted molar refractivity (Wildman–Crippen MR) is 62.1 cm³/mol. The molecule has 0 spiro atoms. The molecule has 1 aromatic heterocycles. The minimum Gasteiger partial charge on any atom is -0.496 e. The third-order valence-corrected chi connectivity index (χ3v) is 2.38. The number of nitrogen functional groups attached to an aromatic ring is 1. The maximum atomic E-state index is 5.79. The summed E-state index contributed by atoms with van der Waals surface area (Å²) in [5.74, 6) is 1.43. The number of rotatable bonds is 2. The van der Waals surface area contributed by atoms with Crippen molar-refractivity contribution in [2.75, 3.05) is 20.0 Å². The van der Waals surface area contributed by atoms with Gasteiger partial charge in [0, 0.05) is 0 Å². The molecular formula is C10H10ClN3O2. The smallest absolute Gasteiger partial charge is 0.225 e. The van der Waals surface area contributed by atoms with E-state index in [0.29, 0.717) is 22.4 Å². The Balaban J connectivity index is 2.90. The highest BCUT2D eigenvalue weighted by atomic mass is 35.5. The Morgan fingerprint density at radius 2 is 1.75 bits per heavy atom. The molecule has 0 saturated heterocycles. The van der Waals surface area contributed by atoms with Crippen LogP contribution in [0.1, 0.15) is 0 Å². The van der Waals surface area contributed by atoms with Crippen LogP contribution in [-0.4, -0.2) is 24.2 Å². The first-order valence-electron chi connectivity index (χ1n) is 4.51. The van der Waals surface area contributed by atoms with Gasteiger partial charge in [0.15, 0.2) is 0 Å². The predicted octanol–water partition coefficient (Wildman–Crippen LogP) is 1.88. The van der Waals surface area contributed by atoms with Gasteiger partial charge in [0.25, 0.3) is 0 Å². The van der Waals surface area contributed by atoms with Crippen LogP contribution < -0.4 is 15.2 Å². The van der Waals surface area contributed by atoms with Crippen molar-refractivity contribution in [3.8, 4) is 11.5 Å². The number of nitrogens with zero attached hydrogens (tertiary/aromatic N) is 2. The Hall–Kier alpha value is -1.75. The summed E-state index contributed by atoms with van der Waals surface area (Å²) in [4.78, 5) is 7.97. The second-order valence-corrected chi connectivity index (χ2v) is 3.41. The van der Waals surface area contributed by atoms with Crippen LogP contribution >= 0.6 is 11.6 Å². The average Bonchev–Trinajstić information content (AvgIpc) is 2.27. The second-order valence-electron chi connectivity index (χ2n) is 3.07. The summed E-state index contributed by atoms with van der Waals surface area (Å²) >= 11 is 5.75. The molecule has 2 N–H and O–H groups in total. The maximum absolute atomic E-state index is 5.79. The lowest BCUT2D eigenvalue weighted by Crippen LogP contribution is -1.99. The van der Waals surface area contributed by atoms with Gasteiger partial charge < -0.3 is 15.2 Å². The maximum Gasteiger partial charge on any atom is 0.225 e. The van der Waals surface area contributed by atoms with Crippen molar-refractivity contribution in [3.05, 3.63) is 17.4 Å². The molecule has 0 unspecified atom stereocenters. The van der Waals surface area contributed by atoms with E-state index in [1.807, 2.05) is 0 Å². The SMILES string of the molecule is COc1ccc(OC)c2c(N)nc(Cl)nc12. The topological polar surface area (TPSA) is 70.3 Å². The van der Waals surface area contributed by atoms with Crippen LogP contribution in [0.4, 0.5) is 5.82 Å². The van der Waals surface area contributed by atoms with E-state index in [1.165, 1.54) is 0 Å². The van der Waals surface area contributed by atoms with Gasteiger partial charge in [0.2, 0.25) is 5.28 Å². The molecule has 2 rings (SSSR count). The van der Waals surface area contributed by atoms with Gasteiger partial charge >= 0.3 is 0 Å². The zero-order valence-electron chi connectivity index (χ0n) is 8.82. The van der Waals surface area contributed by atoms with E-state index in [1.54, 1.807) is 26.4 Å². The highest BCUT2D eigenvalue weighted by molar-refractivity contribution is 6.29. The molecule has 0 atom stereocenters. The van der Waals surface area contributed by atoms with Gasteiger partial charge in [-0.05, 0) is 23.7 Å². The second kappa shape index (κ2) is 4.02. The zero-order valence-corrected chi connectivity index (χ0v) is 9.58. The summed E-state index contributed by atoms with van der Waals surface area (Å²) in [6, 6.07) is 3.48. The van der Waals surface area contributed by atoms with Crippen LogP contribution in [0.2, 0.25) is 5.28 Å². The molecule has 6 heteroatoms. The Kier molecular flexibility index (Phi) is 2.70. The monoisotopic (exact) mass is 239 g/mol. The zero-order chi connectivity index (χ0) is 11.7. The Morgan fingerprint density at radius 1 is 1.12 bits per heavy atom. The summed E-state index contributed by atoms with van der Waals surface area (Å²) < 4.78 is 10.4. The van der Waals surface area contributed by atoms with Crippen LogP contribution in [0.25, 0.3) is 10.9 Å². The number of nitrogens with two attached hydrogens (primary N) is 1. The summed E-state index contributed by atoms with van der Waals surface area (Å²) in [5.41, 5.74) is 6.33. The summed E-state index contributed by atoms with van der Waals surface area (Å²) in [7, 11) is 3.10. The van der Waals surface area contributed by atoms with Crippen LogP contribution in [0.3, 0.4) is 0 Å². The number of ether oxygens (including phenoxy) is 2. The largest absolute Gasteiger partial charge is 0.496 e. The Bertz CT molecular complexity index is 545. The molecular weight excluding hydrogens is 230 g/mol. The molecule has 0 saturated carbocycles. The van der Waals surface area contributed by atoms with Gasteiger partial charge in [-0.3, -0.25) is 0 Å². The fourth-order valence-electron chi connectivity index (χ4n) is 1.52. The van der Waals surface area contributed by atoms with Crippen LogP contribution in [0.15, 0.2) is 12.1 Å². The van der Waals surface area contributed by atoms with Crippen LogP contribution in [0.5, 0.6) is 11.5 Å². The molecule has 0 radical (unpaired) electrons. The lowest BCUT2D eigenvalue weighted by atomic mass is 10.2. The van der Waals surface area contributed by atoms with E-state index in [-0.39, 0.29) is 11.1 Å². The molecule has 0 fully saturated rings. The van der Waals surface area contributed by atoms with E-state index >= 15 is 0 Å². The summed E-state index contributed by atoms with van der Waals surface area (Å²) in [6.07, 6.45) is 0. The van der Waals surface area contributed by atoms with E-state index in [0.717, 1.165) is 0 Å². The first-order valence-corrected chi connectivity index (χ1v) is 4.89. The van der Waals surface area contributed by atoms with Gasteiger partial charge in [-0.2, -0.15) is 0 Å². The number of methoxy groups -OCH3 is 2. The number of hydrogen-bond donors (Lipinski definition) is 1. The number of halogens is 1. The molecule has 0 aliphatic carbocycles. The molecule has 0 bridgehead atoms. The van der Waals surface area contributed by atoms with E-state index in [2.05, 4.69) is 9.97 Å². The minimum absolute atomic E-state index is 0.0801. The molecule has 1 heterocycles. The normalized spacial score (nSPS) is 10.4. The molecule has 0 aliphatic rings. The van der Waals surface area contributed by atoms with Crippen molar-refractivity contribution in [2.45, 2.75) is 0 Å². The van der Waals surface area contributed by atoms with E-state index in [4.69, 9.17) is 26.8 Å². The number of fused-ring (bicyclic) bond motifs is 1. The third-order valence-electron chi connectivity index (χ3n) is 2.22. The summed E-state index contributed by atoms with van der Waals surface area (Å²) in [5, 5.41) is 0.683. The van der Waals surface area contributed by atoms with Crippen LogP contribution in [-0.2, 0) is 0 Å². The molecule has 0 amide bonds. The van der Waals surface area contributed by atoms with Gasteiger partial charge in [-0.1, -0.05) is 0 Å². The van der Waals surface area contributed by atoms with Gasteiger partial charge in [-0.25, -0.2) is 9.97 Å². The van der Waals surface area contributed by atoms with E-state index < -0.39 is 0 Å². The molecule has 84 valence electrons. The highest BCUT2D eigenvalue weighted by Crippen LogP contribution is 2.35. The third kappa shape index (κ3) is 1.59.